The van der Waals surface area contributed by atoms with E-state index in [4.69, 9.17) is 5.73 Å². The van der Waals surface area contributed by atoms with Gasteiger partial charge in [0.1, 0.15) is 4.90 Å². The maximum atomic E-state index is 12.4. The first kappa shape index (κ1) is 15.0. The lowest BCUT2D eigenvalue weighted by atomic mass is 10.2. The first-order chi connectivity index (χ1) is 9.31. The maximum Gasteiger partial charge on any atom is 0.243 e. The number of sulfonamides is 1. The highest BCUT2D eigenvalue weighted by atomic mass is 32.2. The summed E-state index contributed by atoms with van der Waals surface area (Å²) in [4.78, 5) is 2.37. The first-order valence-corrected chi connectivity index (χ1v) is 8.52. The number of rotatable bonds is 4. The summed E-state index contributed by atoms with van der Waals surface area (Å²) in [6.45, 7) is 6.07. The van der Waals surface area contributed by atoms with Crippen LogP contribution in [0.15, 0.2) is 29.2 Å². The Morgan fingerprint density at radius 1 is 1.20 bits per heavy atom. The van der Waals surface area contributed by atoms with Gasteiger partial charge in [-0.2, -0.15) is 0 Å². The lowest BCUT2D eigenvalue weighted by molar-refractivity contribution is 0.581. The summed E-state index contributed by atoms with van der Waals surface area (Å²) in [7, 11) is -3.59. The Morgan fingerprint density at radius 3 is 2.45 bits per heavy atom. The van der Waals surface area contributed by atoms with Crippen LogP contribution in [-0.2, 0) is 16.6 Å². The van der Waals surface area contributed by atoms with Gasteiger partial charge in [-0.05, 0) is 44.0 Å². The van der Waals surface area contributed by atoms with Crippen molar-refractivity contribution in [2.45, 2.75) is 32.2 Å². The zero-order chi connectivity index (χ0) is 14.9. The van der Waals surface area contributed by atoms with Crippen LogP contribution in [-0.4, -0.2) is 8.42 Å². The molecule has 0 fully saturated rings. The van der Waals surface area contributed by atoms with Crippen LogP contribution >= 0.6 is 11.3 Å². The predicted octanol–water partition coefficient (Wildman–Crippen LogP) is 2.73. The molecule has 4 nitrogen and oxygen atoms in total. The summed E-state index contributed by atoms with van der Waals surface area (Å²) in [5, 5.41) is 0. The van der Waals surface area contributed by atoms with E-state index in [0.717, 1.165) is 4.88 Å². The molecular formula is C14H18N2O2S2. The number of anilines is 1. The van der Waals surface area contributed by atoms with Gasteiger partial charge in [-0.15, -0.1) is 11.3 Å². The van der Waals surface area contributed by atoms with Gasteiger partial charge in [0.25, 0.3) is 0 Å². The second kappa shape index (κ2) is 5.55. The lowest BCUT2D eigenvalue weighted by Gasteiger charge is -2.11. The highest BCUT2D eigenvalue weighted by molar-refractivity contribution is 7.89. The molecule has 0 aliphatic carbocycles. The molecule has 1 aromatic carbocycles. The van der Waals surface area contributed by atoms with E-state index in [0.29, 0.717) is 5.56 Å². The number of nitrogens with two attached hydrogens (primary N) is 1. The van der Waals surface area contributed by atoms with Gasteiger partial charge in [0.15, 0.2) is 0 Å². The van der Waals surface area contributed by atoms with Crippen LogP contribution in [0.2, 0.25) is 0 Å². The van der Waals surface area contributed by atoms with E-state index in [1.54, 1.807) is 36.5 Å². The molecule has 0 spiro atoms. The number of thiophene rings is 1. The second-order valence-electron chi connectivity index (χ2n) is 4.77. The van der Waals surface area contributed by atoms with Gasteiger partial charge in [0, 0.05) is 16.3 Å². The SMILES string of the molecule is Cc1cc(CNS(=O)(=O)c2c(C)cccc2N)sc1C. The van der Waals surface area contributed by atoms with Crippen molar-refractivity contribution in [3.8, 4) is 0 Å². The van der Waals surface area contributed by atoms with E-state index in [2.05, 4.69) is 4.72 Å². The van der Waals surface area contributed by atoms with Gasteiger partial charge in [0.05, 0.1) is 5.69 Å². The van der Waals surface area contributed by atoms with Gasteiger partial charge in [0.2, 0.25) is 10.0 Å². The molecule has 3 N–H and O–H groups in total. The molecular weight excluding hydrogens is 292 g/mol. The zero-order valence-electron chi connectivity index (χ0n) is 11.7. The highest BCUT2D eigenvalue weighted by Gasteiger charge is 2.19. The van der Waals surface area contributed by atoms with E-state index in [1.807, 2.05) is 19.9 Å². The summed E-state index contributed by atoms with van der Waals surface area (Å²) in [6, 6.07) is 7.09. The fourth-order valence-electron chi connectivity index (χ4n) is 2.02. The molecule has 0 aliphatic rings. The van der Waals surface area contributed by atoms with Crippen molar-refractivity contribution >= 4 is 27.0 Å². The second-order valence-corrected chi connectivity index (χ2v) is 7.81. The fourth-order valence-corrected chi connectivity index (χ4v) is 4.46. The monoisotopic (exact) mass is 310 g/mol. The molecule has 2 rings (SSSR count). The number of aryl methyl sites for hydroxylation is 3. The van der Waals surface area contributed by atoms with Crippen molar-refractivity contribution in [3.05, 3.63) is 45.1 Å². The molecule has 0 unspecified atom stereocenters. The molecule has 108 valence electrons. The van der Waals surface area contributed by atoms with E-state index < -0.39 is 10.0 Å². The van der Waals surface area contributed by atoms with Crippen molar-refractivity contribution in [3.63, 3.8) is 0 Å². The minimum absolute atomic E-state index is 0.171. The van der Waals surface area contributed by atoms with Crippen molar-refractivity contribution in [2.75, 3.05) is 5.73 Å². The molecule has 1 heterocycles. The minimum Gasteiger partial charge on any atom is -0.398 e. The van der Waals surface area contributed by atoms with Gasteiger partial charge in [-0.3, -0.25) is 0 Å². The number of hydrogen-bond acceptors (Lipinski definition) is 4. The van der Waals surface area contributed by atoms with Crippen molar-refractivity contribution < 1.29 is 8.42 Å². The Kier molecular flexibility index (Phi) is 4.17. The molecule has 20 heavy (non-hydrogen) atoms. The van der Waals surface area contributed by atoms with Gasteiger partial charge in [-0.1, -0.05) is 12.1 Å². The Labute approximate surface area is 123 Å². The number of nitrogens with one attached hydrogen (secondary N) is 1. The molecule has 6 heteroatoms. The summed E-state index contributed by atoms with van der Waals surface area (Å²) in [5.74, 6) is 0. The molecule has 0 bridgehead atoms. The number of nitrogen functional groups attached to an aromatic ring is 1. The molecule has 2 aromatic rings. The smallest absolute Gasteiger partial charge is 0.243 e. The van der Waals surface area contributed by atoms with Crippen LogP contribution in [0.5, 0.6) is 0 Å². The third-order valence-electron chi connectivity index (χ3n) is 3.16. The molecule has 0 amide bonds. The average molecular weight is 310 g/mol. The van der Waals surface area contributed by atoms with Gasteiger partial charge < -0.3 is 5.73 Å². The Bertz CT molecular complexity index is 694. The molecule has 0 atom stereocenters. The molecule has 0 radical (unpaired) electrons. The third-order valence-corrected chi connectivity index (χ3v) is 5.94. The largest absolute Gasteiger partial charge is 0.398 e. The van der Waals surface area contributed by atoms with E-state index in [1.165, 1.54) is 10.4 Å². The van der Waals surface area contributed by atoms with E-state index in [9.17, 15) is 8.42 Å². The summed E-state index contributed by atoms with van der Waals surface area (Å²) >= 11 is 1.60. The number of benzene rings is 1. The summed E-state index contributed by atoms with van der Waals surface area (Å²) < 4.78 is 27.3. The summed E-state index contributed by atoms with van der Waals surface area (Å²) in [5.41, 5.74) is 7.89. The number of hydrogen-bond donors (Lipinski definition) is 2. The quantitative estimate of drug-likeness (QED) is 0.853. The van der Waals surface area contributed by atoms with E-state index >= 15 is 0 Å². The topological polar surface area (TPSA) is 72.2 Å². The third kappa shape index (κ3) is 3.03. The normalized spacial score (nSPS) is 11.8. The average Bonchev–Trinajstić information content (AvgIpc) is 2.66. The Balaban J connectivity index is 2.24. The van der Waals surface area contributed by atoms with Crippen LogP contribution in [0.25, 0.3) is 0 Å². The van der Waals surface area contributed by atoms with Crippen LogP contribution in [0.3, 0.4) is 0 Å². The van der Waals surface area contributed by atoms with Gasteiger partial charge in [-0.25, -0.2) is 13.1 Å². The molecule has 1 aromatic heterocycles. The Morgan fingerprint density at radius 2 is 1.90 bits per heavy atom. The lowest BCUT2D eigenvalue weighted by Crippen LogP contribution is -2.24. The zero-order valence-corrected chi connectivity index (χ0v) is 13.4. The summed E-state index contributed by atoms with van der Waals surface area (Å²) in [6.07, 6.45) is 0. The fraction of sp³-hybridized carbons (Fsp3) is 0.286. The van der Waals surface area contributed by atoms with Gasteiger partial charge >= 0.3 is 0 Å². The van der Waals surface area contributed by atoms with Crippen molar-refractivity contribution in [2.24, 2.45) is 0 Å². The Hall–Kier alpha value is -1.37. The van der Waals surface area contributed by atoms with Crippen LogP contribution in [0.1, 0.15) is 20.9 Å². The first-order valence-electron chi connectivity index (χ1n) is 6.22. The van der Waals surface area contributed by atoms with Crippen molar-refractivity contribution in [1.29, 1.82) is 0 Å². The minimum atomic E-state index is -3.59. The van der Waals surface area contributed by atoms with E-state index in [-0.39, 0.29) is 17.1 Å². The molecule has 0 saturated carbocycles. The van der Waals surface area contributed by atoms with Crippen LogP contribution in [0, 0.1) is 20.8 Å². The molecule has 0 saturated heterocycles. The highest BCUT2D eigenvalue weighted by Crippen LogP contribution is 2.24. The standard InChI is InChI=1S/C14H18N2O2S2/c1-9-5-4-6-13(15)14(9)20(17,18)16-8-12-7-10(2)11(3)19-12/h4-7,16H,8,15H2,1-3H3. The molecule has 0 aliphatic heterocycles. The van der Waals surface area contributed by atoms with Crippen LogP contribution in [0.4, 0.5) is 5.69 Å². The van der Waals surface area contributed by atoms with Crippen molar-refractivity contribution in [1.82, 2.24) is 4.72 Å². The van der Waals surface area contributed by atoms with Crippen LogP contribution < -0.4 is 10.5 Å². The maximum absolute atomic E-state index is 12.4. The predicted molar refractivity (Wildman–Crippen MR) is 83.4 cm³/mol.